The summed E-state index contributed by atoms with van der Waals surface area (Å²) in [6, 6.07) is 9.96. The molecule has 1 heterocycles. The normalized spacial score (nSPS) is 10.0. The Morgan fingerprint density at radius 3 is 2.92 bits per heavy atom. The maximum atomic E-state index is 8.65. The van der Waals surface area contributed by atoms with Crippen molar-refractivity contribution < 1.29 is 0 Å². The SMILES string of the molecule is Cc1cccc2[nH]c(C#N)cc12. The van der Waals surface area contributed by atoms with Crippen molar-refractivity contribution in [1.82, 2.24) is 4.98 Å². The van der Waals surface area contributed by atoms with E-state index in [1.807, 2.05) is 31.2 Å². The molecule has 0 aliphatic carbocycles. The smallest absolute Gasteiger partial charge is 0.118 e. The van der Waals surface area contributed by atoms with E-state index in [2.05, 4.69) is 11.1 Å². The summed E-state index contributed by atoms with van der Waals surface area (Å²) in [7, 11) is 0. The Morgan fingerprint density at radius 2 is 2.25 bits per heavy atom. The second-order valence-electron chi connectivity index (χ2n) is 2.83. The zero-order valence-corrected chi connectivity index (χ0v) is 6.76. The van der Waals surface area contributed by atoms with Crippen molar-refractivity contribution in [3.8, 4) is 6.07 Å². The molecule has 1 aromatic carbocycles. The van der Waals surface area contributed by atoms with E-state index in [4.69, 9.17) is 5.26 Å². The summed E-state index contributed by atoms with van der Waals surface area (Å²) in [5.74, 6) is 0. The average Bonchev–Trinajstić information content (AvgIpc) is 2.49. The lowest BCUT2D eigenvalue weighted by Gasteiger charge is -1.91. The predicted octanol–water partition coefficient (Wildman–Crippen LogP) is 2.35. The van der Waals surface area contributed by atoms with Crippen LogP contribution in [0.4, 0.5) is 0 Å². The molecule has 0 amide bonds. The second-order valence-corrected chi connectivity index (χ2v) is 2.83. The van der Waals surface area contributed by atoms with Crippen LogP contribution < -0.4 is 0 Å². The standard InChI is InChI=1S/C10H8N2/c1-7-3-2-4-10-9(7)5-8(6-11)12-10/h2-5,12H,1H3. The highest BCUT2D eigenvalue weighted by atomic mass is 14.7. The third-order valence-electron chi connectivity index (χ3n) is 2.00. The van der Waals surface area contributed by atoms with Gasteiger partial charge in [0.15, 0.2) is 0 Å². The fraction of sp³-hybridized carbons (Fsp3) is 0.100. The molecule has 0 spiro atoms. The molecule has 2 rings (SSSR count). The first-order chi connectivity index (χ1) is 5.81. The summed E-state index contributed by atoms with van der Waals surface area (Å²) in [6.45, 7) is 2.04. The van der Waals surface area contributed by atoms with Crippen LogP contribution >= 0.6 is 0 Å². The molecule has 0 unspecified atom stereocenters. The van der Waals surface area contributed by atoms with Crippen molar-refractivity contribution in [2.75, 3.05) is 0 Å². The first kappa shape index (κ1) is 6.93. The number of hydrogen-bond donors (Lipinski definition) is 1. The lowest BCUT2D eigenvalue weighted by atomic mass is 10.1. The Morgan fingerprint density at radius 1 is 1.42 bits per heavy atom. The van der Waals surface area contributed by atoms with Crippen LogP contribution in [0.3, 0.4) is 0 Å². The van der Waals surface area contributed by atoms with E-state index >= 15 is 0 Å². The molecule has 0 bridgehead atoms. The number of aromatic nitrogens is 1. The lowest BCUT2D eigenvalue weighted by molar-refractivity contribution is 1.37. The van der Waals surface area contributed by atoms with Gasteiger partial charge in [-0.2, -0.15) is 5.26 Å². The Labute approximate surface area is 70.4 Å². The average molecular weight is 156 g/mol. The zero-order chi connectivity index (χ0) is 8.55. The van der Waals surface area contributed by atoms with Crippen LogP contribution in [-0.4, -0.2) is 4.98 Å². The number of aryl methyl sites for hydroxylation is 1. The van der Waals surface area contributed by atoms with E-state index in [9.17, 15) is 0 Å². The van der Waals surface area contributed by atoms with E-state index in [1.165, 1.54) is 5.56 Å². The van der Waals surface area contributed by atoms with Gasteiger partial charge in [-0.05, 0) is 24.6 Å². The number of hydrogen-bond acceptors (Lipinski definition) is 1. The van der Waals surface area contributed by atoms with Crippen molar-refractivity contribution in [3.63, 3.8) is 0 Å². The molecule has 0 fully saturated rings. The van der Waals surface area contributed by atoms with Crippen molar-refractivity contribution in [2.45, 2.75) is 6.92 Å². The van der Waals surface area contributed by atoms with E-state index in [1.54, 1.807) is 0 Å². The molecule has 58 valence electrons. The van der Waals surface area contributed by atoms with Crippen LogP contribution in [0, 0.1) is 18.3 Å². The molecule has 2 aromatic rings. The first-order valence-electron chi connectivity index (χ1n) is 3.79. The minimum absolute atomic E-state index is 0.624. The molecule has 0 radical (unpaired) electrons. The van der Waals surface area contributed by atoms with Crippen molar-refractivity contribution in [2.24, 2.45) is 0 Å². The minimum atomic E-state index is 0.624. The molecule has 1 N–H and O–H groups in total. The predicted molar refractivity (Wildman–Crippen MR) is 47.8 cm³/mol. The molecule has 2 nitrogen and oxygen atoms in total. The molecular formula is C10H8N2. The Kier molecular flexibility index (Phi) is 1.38. The largest absolute Gasteiger partial charge is 0.346 e. The number of benzene rings is 1. The molecule has 0 aliphatic heterocycles. The van der Waals surface area contributed by atoms with Crippen LogP contribution in [0.15, 0.2) is 24.3 Å². The van der Waals surface area contributed by atoms with Crippen LogP contribution in [-0.2, 0) is 0 Å². The van der Waals surface area contributed by atoms with Gasteiger partial charge in [0.2, 0.25) is 0 Å². The third-order valence-corrected chi connectivity index (χ3v) is 2.00. The Balaban J connectivity index is 2.85. The summed E-state index contributed by atoms with van der Waals surface area (Å²) in [5, 5.41) is 9.78. The fourth-order valence-corrected chi connectivity index (χ4v) is 1.37. The summed E-state index contributed by atoms with van der Waals surface area (Å²) in [5.41, 5.74) is 2.86. The molecule has 1 aromatic heterocycles. The highest BCUT2D eigenvalue weighted by Gasteiger charge is 2.00. The molecule has 12 heavy (non-hydrogen) atoms. The first-order valence-corrected chi connectivity index (χ1v) is 3.79. The summed E-state index contributed by atoms with van der Waals surface area (Å²) >= 11 is 0. The van der Waals surface area contributed by atoms with Gasteiger partial charge >= 0.3 is 0 Å². The van der Waals surface area contributed by atoms with Crippen LogP contribution in [0.25, 0.3) is 10.9 Å². The number of aromatic amines is 1. The number of H-pyrrole nitrogens is 1. The fourth-order valence-electron chi connectivity index (χ4n) is 1.37. The van der Waals surface area contributed by atoms with Gasteiger partial charge in [-0.15, -0.1) is 0 Å². The van der Waals surface area contributed by atoms with Crippen LogP contribution in [0.1, 0.15) is 11.3 Å². The summed E-state index contributed by atoms with van der Waals surface area (Å²) in [4.78, 5) is 3.02. The van der Waals surface area contributed by atoms with Gasteiger partial charge in [-0.3, -0.25) is 0 Å². The minimum Gasteiger partial charge on any atom is -0.346 e. The van der Waals surface area contributed by atoms with E-state index in [0.29, 0.717) is 5.69 Å². The second kappa shape index (κ2) is 2.38. The van der Waals surface area contributed by atoms with Gasteiger partial charge in [0.25, 0.3) is 0 Å². The van der Waals surface area contributed by atoms with E-state index < -0.39 is 0 Å². The van der Waals surface area contributed by atoms with Gasteiger partial charge in [0, 0.05) is 10.9 Å². The molecular weight excluding hydrogens is 148 g/mol. The van der Waals surface area contributed by atoms with Gasteiger partial charge in [0.05, 0.1) is 0 Å². The quantitative estimate of drug-likeness (QED) is 0.624. The Hall–Kier alpha value is -1.75. The molecule has 2 heteroatoms. The third kappa shape index (κ3) is 0.876. The van der Waals surface area contributed by atoms with Crippen LogP contribution in [0.2, 0.25) is 0 Å². The number of fused-ring (bicyclic) bond motifs is 1. The van der Waals surface area contributed by atoms with E-state index in [0.717, 1.165) is 10.9 Å². The lowest BCUT2D eigenvalue weighted by Crippen LogP contribution is -1.71. The van der Waals surface area contributed by atoms with Gasteiger partial charge in [-0.25, -0.2) is 0 Å². The van der Waals surface area contributed by atoms with E-state index in [-0.39, 0.29) is 0 Å². The highest BCUT2D eigenvalue weighted by Crippen LogP contribution is 2.18. The number of nitrogens with one attached hydrogen (secondary N) is 1. The zero-order valence-electron chi connectivity index (χ0n) is 6.76. The number of rotatable bonds is 0. The highest BCUT2D eigenvalue weighted by molar-refractivity contribution is 5.84. The Bertz CT molecular complexity index is 460. The maximum Gasteiger partial charge on any atom is 0.118 e. The summed E-state index contributed by atoms with van der Waals surface area (Å²) in [6.07, 6.45) is 0. The monoisotopic (exact) mass is 156 g/mol. The molecule has 0 saturated carbocycles. The maximum absolute atomic E-state index is 8.65. The molecule has 0 saturated heterocycles. The van der Waals surface area contributed by atoms with Crippen molar-refractivity contribution in [1.29, 1.82) is 5.26 Å². The summed E-state index contributed by atoms with van der Waals surface area (Å²) < 4.78 is 0. The number of nitrogens with zero attached hydrogens (tertiary/aromatic N) is 1. The van der Waals surface area contributed by atoms with Gasteiger partial charge < -0.3 is 4.98 Å². The van der Waals surface area contributed by atoms with Crippen LogP contribution in [0.5, 0.6) is 0 Å². The molecule has 0 aliphatic rings. The topological polar surface area (TPSA) is 39.6 Å². The molecule has 0 atom stereocenters. The van der Waals surface area contributed by atoms with Gasteiger partial charge in [-0.1, -0.05) is 12.1 Å². The number of nitriles is 1. The van der Waals surface area contributed by atoms with Crippen molar-refractivity contribution >= 4 is 10.9 Å². The van der Waals surface area contributed by atoms with Gasteiger partial charge in [0.1, 0.15) is 11.8 Å². The van der Waals surface area contributed by atoms with Crippen molar-refractivity contribution in [3.05, 3.63) is 35.5 Å².